The summed E-state index contributed by atoms with van der Waals surface area (Å²) in [4.78, 5) is 19.9. The maximum Gasteiger partial charge on any atom is 0.264 e. The van der Waals surface area contributed by atoms with Crippen molar-refractivity contribution in [3.05, 3.63) is 53.7 Å². The van der Waals surface area contributed by atoms with Gasteiger partial charge in [-0.05, 0) is 36.9 Å². The van der Waals surface area contributed by atoms with Gasteiger partial charge in [0.2, 0.25) is 11.7 Å². The van der Waals surface area contributed by atoms with E-state index in [1.54, 1.807) is 16.2 Å². The molecule has 7 heteroatoms. The van der Waals surface area contributed by atoms with Crippen molar-refractivity contribution in [1.82, 2.24) is 15.0 Å². The first-order valence-electron chi connectivity index (χ1n) is 8.58. The highest BCUT2D eigenvalue weighted by Crippen LogP contribution is 2.22. The molecule has 0 spiro atoms. The molecule has 136 valence electrons. The fourth-order valence-corrected chi connectivity index (χ4v) is 3.16. The maximum absolute atomic E-state index is 12.9. The summed E-state index contributed by atoms with van der Waals surface area (Å²) < 4.78 is 11.2. The minimum Gasteiger partial charge on any atom is -0.481 e. The Kier molecular flexibility index (Phi) is 6.01. The Morgan fingerprint density at radius 2 is 2.04 bits per heavy atom. The zero-order valence-electron chi connectivity index (χ0n) is 14.8. The highest BCUT2D eigenvalue weighted by atomic mass is 32.1. The number of nitrogens with zero attached hydrogens (tertiary/aromatic N) is 3. The van der Waals surface area contributed by atoms with Crippen LogP contribution in [-0.4, -0.2) is 33.6 Å². The van der Waals surface area contributed by atoms with Crippen molar-refractivity contribution in [2.45, 2.75) is 32.9 Å². The zero-order chi connectivity index (χ0) is 18.4. The second-order valence-corrected chi connectivity index (χ2v) is 6.62. The van der Waals surface area contributed by atoms with Crippen LogP contribution in [0.25, 0.3) is 10.7 Å². The van der Waals surface area contributed by atoms with Crippen LogP contribution in [0.5, 0.6) is 5.75 Å². The Hall–Kier alpha value is -2.67. The van der Waals surface area contributed by atoms with E-state index >= 15 is 0 Å². The molecular weight excluding hydrogens is 350 g/mol. The lowest BCUT2D eigenvalue weighted by Crippen LogP contribution is -2.41. The molecule has 26 heavy (non-hydrogen) atoms. The number of thiophene rings is 1. The van der Waals surface area contributed by atoms with Crippen LogP contribution in [0.1, 0.15) is 26.2 Å². The van der Waals surface area contributed by atoms with Gasteiger partial charge in [0.1, 0.15) is 12.3 Å². The molecule has 2 heterocycles. The predicted molar refractivity (Wildman–Crippen MR) is 99.9 cm³/mol. The fourth-order valence-electron chi connectivity index (χ4n) is 2.51. The first-order chi connectivity index (χ1) is 12.7. The lowest BCUT2D eigenvalue weighted by molar-refractivity contribution is -0.139. The summed E-state index contributed by atoms with van der Waals surface area (Å²) in [6.45, 7) is 4.65. The van der Waals surface area contributed by atoms with Crippen molar-refractivity contribution < 1.29 is 14.1 Å². The molecule has 0 saturated carbocycles. The number of aromatic nitrogens is 2. The number of para-hydroxylation sites is 1. The van der Waals surface area contributed by atoms with E-state index in [-0.39, 0.29) is 12.5 Å². The lowest BCUT2D eigenvalue weighted by Gasteiger charge is -2.25. The number of hydrogen-bond donors (Lipinski definition) is 0. The molecule has 0 unspecified atom stereocenters. The highest BCUT2D eigenvalue weighted by molar-refractivity contribution is 7.13. The van der Waals surface area contributed by atoms with Crippen molar-refractivity contribution in [1.29, 1.82) is 0 Å². The number of likely N-dealkylation sites (N-methyl/N-ethyl adjacent to an activating group) is 1. The third-order valence-electron chi connectivity index (χ3n) is 3.90. The van der Waals surface area contributed by atoms with E-state index in [4.69, 9.17) is 9.26 Å². The molecule has 0 N–H and O–H groups in total. The Labute approximate surface area is 156 Å². The van der Waals surface area contributed by atoms with Gasteiger partial charge >= 0.3 is 0 Å². The average molecular weight is 371 g/mol. The van der Waals surface area contributed by atoms with Crippen LogP contribution in [0, 0.1) is 0 Å². The van der Waals surface area contributed by atoms with Crippen molar-refractivity contribution in [2.75, 3.05) is 6.54 Å². The molecular formula is C19H21N3O3S. The van der Waals surface area contributed by atoms with E-state index in [0.717, 1.165) is 4.88 Å². The molecule has 0 fully saturated rings. The standard InChI is InChI=1S/C19H21N3O3S/c1-3-15(24-14-9-6-5-7-10-14)19(23)22(4-2)13-17-20-18(21-25-17)16-11-8-12-26-16/h5-12,15H,3-4,13H2,1-2H3/t15-/m1/s1. The summed E-state index contributed by atoms with van der Waals surface area (Å²) in [5, 5.41) is 5.95. The van der Waals surface area contributed by atoms with E-state index in [0.29, 0.717) is 30.4 Å². The SMILES string of the molecule is CC[C@@H](Oc1ccccc1)C(=O)N(CC)Cc1nc(-c2cccs2)no1. The molecule has 0 radical (unpaired) electrons. The average Bonchev–Trinajstić information content (AvgIpc) is 3.36. The number of ether oxygens (including phenoxy) is 1. The second-order valence-electron chi connectivity index (χ2n) is 5.67. The number of benzene rings is 1. The molecule has 1 amide bonds. The third kappa shape index (κ3) is 4.29. The fraction of sp³-hybridized carbons (Fsp3) is 0.316. The van der Waals surface area contributed by atoms with E-state index in [2.05, 4.69) is 10.1 Å². The van der Waals surface area contributed by atoms with E-state index in [9.17, 15) is 4.79 Å². The lowest BCUT2D eigenvalue weighted by atomic mass is 10.2. The number of carbonyl (C=O) groups excluding carboxylic acids is 1. The summed E-state index contributed by atoms with van der Waals surface area (Å²) >= 11 is 1.54. The highest BCUT2D eigenvalue weighted by Gasteiger charge is 2.25. The molecule has 2 aromatic heterocycles. The topological polar surface area (TPSA) is 68.5 Å². The van der Waals surface area contributed by atoms with Gasteiger partial charge in [0.25, 0.3) is 5.91 Å². The molecule has 6 nitrogen and oxygen atoms in total. The van der Waals surface area contributed by atoms with E-state index in [1.165, 1.54) is 0 Å². The van der Waals surface area contributed by atoms with Crippen molar-refractivity contribution >= 4 is 17.2 Å². The van der Waals surface area contributed by atoms with Crippen LogP contribution < -0.4 is 4.74 Å². The van der Waals surface area contributed by atoms with Crippen molar-refractivity contribution in [3.8, 4) is 16.5 Å². The third-order valence-corrected chi connectivity index (χ3v) is 4.76. The molecule has 3 aromatic rings. The summed E-state index contributed by atoms with van der Waals surface area (Å²) in [6.07, 6.45) is 0.0335. The molecule has 3 rings (SSSR count). The number of amides is 1. The van der Waals surface area contributed by atoms with Crippen LogP contribution in [-0.2, 0) is 11.3 Å². The number of hydrogen-bond acceptors (Lipinski definition) is 6. The summed E-state index contributed by atoms with van der Waals surface area (Å²) in [7, 11) is 0. The molecule has 0 aliphatic heterocycles. The maximum atomic E-state index is 12.9. The van der Waals surface area contributed by atoms with Gasteiger partial charge in [0.15, 0.2) is 6.10 Å². The van der Waals surface area contributed by atoms with Gasteiger partial charge in [-0.25, -0.2) is 0 Å². The minimum absolute atomic E-state index is 0.0882. The van der Waals surface area contributed by atoms with Crippen LogP contribution in [0.15, 0.2) is 52.4 Å². The monoisotopic (exact) mass is 371 g/mol. The van der Waals surface area contributed by atoms with Crippen molar-refractivity contribution in [3.63, 3.8) is 0 Å². The first-order valence-corrected chi connectivity index (χ1v) is 9.46. The van der Waals surface area contributed by atoms with Gasteiger partial charge in [0.05, 0.1) is 4.88 Å². The van der Waals surface area contributed by atoms with Crippen LogP contribution in [0.2, 0.25) is 0 Å². The van der Waals surface area contributed by atoms with E-state index < -0.39 is 6.10 Å². The Morgan fingerprint density at radius 1 is 1.23 bits per heavy atom. The summed E-state index contributed by atoms with van der Waals surface area (Å²) in [5.41, 5.74) is 0. The van der Waals surface area contributed by atoms with Gasteiger partial charge in [-0.1, -0.05) is 36.3 Å². The molecule has 0 saturated heterocycles. The molecule has 1 aromatic carbocycles. The molecule has 0 aliphatic carbocycles. The molecule has 1 atom stereocenters. The molecule has 0 aliphatic rings. The largest absolute Gasteiger partial charge is 0.481 e. The van der Waals surface area contributed by atoms with Gasteiger partial charge in [0, 0.05) is 6.54 Å². The minimum atomic E-state index is -0.544. The van der Waals surface area contributed by atoms with Crippen LogP contribution in [0.4, 0.5) is 0 Å². The van der Waals surface area contributed by atoms with Gasteiger partial charge < -0.3 is 14.2 Å². The Morgan fingerprint density at radius 3 is 2.69 bits per heavy atom. The summed E-state index contributed by atoms with van der Waals surface area (Å²) in [6, 6.07) is 13.2. The Bertz CT molecular complexity index is 818. The normalized spacial score (nSPS) is 11.9. The van der Waals surface area contributed by atoms with Crippen LogP contribution in [0.3, 0.4) is 0 Å². The quantitative estimate of drug-likeness (QED) is 0.598. The smallest absolute Gasteiger partial charge is 0.264 e. The number of rotatable bonds is 8. The summed E-state index contributed by atoms with van der Waals surface area (Å²) in [5.74, 6) is 1.56. The van der Waals surface area contributed by atoms with Crippen molar-refractivity contribution in [2.24, 2.45) is 0 Å². The van der Waals surface area contributed by atoms with Gasteiger partial charge in [-0.3, -0.25) is 4.79 Å². The molecule has 0 bridgehead atoms. The predicted octanol–water partition coefficient (Wildman–Crippen LogP) is 4.00. The second kappa shape index (κ2) is 8.62. The van der Waals surface area contributed by atoms with Gasteiger partial charge in [-0.15, -0.1) is 11.3 Å². The Balaban J connectivity index is 1.68. The first kappa shape index (κ1) is 18.1. The van der Waals surface area contributed by atoms with E-state index in [1.807, 2.05) is 61.7 Å². The van der Waals surface area contributed by atoms with Crippen LogP contribution >= 0.6 is 11.3 Å². The number of carbonyl (C=O) groups is 1. The zero-order valence-corrected chi connectivity index (χ0v) is 15.6. The van der Waals surface area contributed by atoms with Gasteiger partial charge in [-0.2, -0.15) is 4.98 Å².